The molecule has 3 heteroatoms. The van der Waals surface area contributed by atoms with Gasteiger partial charge in [-0.3, -0.25) is 9.59 Å². The molecule has 0 radical (unpaired) electrons. The lowest BCUT2D eigenvalue weighted by atomic mass is 9.83. The second-order valence-electron chi connectivity index (χ2n) is 6.21. The van der Waals surface area contributed by atoms with E-state index in [2.05, 4.69) is 5.32 Å². The highest BCUT2D eigenvalue weighted by Gasteiger charge is 2.27. The Morgan fingerprint density at radius 2 is 1.29 bits per heavy atom. The number of carbonyl (C=O) groups is 2. The summed E-state index contributed by atoms with van der Waals surface area (Å²) in [5.41, 5.74) is 4.17. The topological polar surface area (TPSA) is 46.2 Å². The van der Waals surface area contributed by atoms with Crippen LogP contribution in [0.2, 0.25) is 0 Å². The number of anilines is 1. The van der Waals surface area contributed by atoms with Gasteiger partial charge in [-0.15, -0.1) is 0 Å². The van der Waals surface area contributed by atoms with Crippen molar-refractivity contribution in [3.63, 3.8) is 0 Å². The van der Waals surface area contributed by atoms with Crippen LogP contribution in [0.15, 0.2) is 78.9 Å². The van der Waals surface area contributed by atoms with E-state index < -0.39 is 0 Å². The fourth-order valence-corrected chi connectivity index (χ4v) is 3.34. The third-order valence-electron chi connectivity index (χ3n) is 4.59. The van der Waals surface area contributed by atoms with E-state index in [1.54, 1.807) is 6.07 Å². The van der Waals surface area contributed by atoms with Crippen molar-refractivity contribution in [3.8, 4) is 0 Å². The van der Waals surface area contributed by atoms with Crippen molar-refractivity contribution in [2.24, 2.45) is 0 Å². The minimum absolute atomic E-state index is 0.00323. The molecule has 4 rings (SSSR count). The predicted octanol–water partition coefficient (Wildman–Crippen LogP) is 7.47. The van der Waals surface area contributed by atoms with Crippen LogP contribution in [0.5, 0.6) is 0 Å². The molecule has 1 unspecified atom stereocenters. The molecule has 1 aliphatic heterocycles. The van der Waals surface area contributed by atoms with E-state index in [4.69, 9.17) is 0 Å². The summed E-state index contributed by atoms with van der Waals surface area (Å²) in [6, 6.07) is 24.7. The van der Waals surface area contributed by atoms with Crippen molar-refractivity contribution in [2.45, 2.75) is 53.9 Å². The molecule has 1 aliphatic rings. The molecule has 3 nitrogen and oxygen atoms in total. The van der Waals surface area contributed by atoms with E-state index in [9.17, 15) is 9.59 Å². The zero-order chi connectivity index (χ0) is 23.2. The molecule has 0 aromatic heterocycles. The maximum Gasteiger partial charge on any atom is 0.225 e. The molecule has 0 saturated heterocycles. The maximum atomic E-state index is 12.8. The number of rotatable bonds is 3. The summed E-state index contributed by atoms with van der Waals surface area (Å²) in [5, 5.41) is 2.92. The first-order valence-corrected chi connectivity index (χ1v) is 11.3. The lowest BCUT2D eigenvalue weighted by Crippen LogP contribution is -2.24. The number of hydrogen-bond donors (Lipinski definition) is 1. The standard InChI is InChI=1S/C22H17NO2.3C2H6/c24-21-14-18(15-7-3-1-4-8-15)19-13-17(11-12-20(19)23-21)22(25)16-9-5-2-6-10-16;3*1-2/h1-13,18H,14H2,(H,23,24);3*1-2H3. The fraction of sp³-hybridized carbons (Fsp3) is 0.286. The highest BCUT2D eigenvalue weighted by molar-refractivity contribution is 6.09. The van der Waals surface area contributed by atoms with Crippen LogP contribution in [0.4, 0.5) is 5.69 Å². The minimum Gasteiger partial charge on any atom is -0.326 e. The highest BCUT2D eigenvalue weighted by atomic mass is 16.1. The molecule has 164 valence electrons. The summed E-state index contributed by atoms with van der Waals surface area (Å²) >= 11 is 0. The number of carbonyl (C=O) groups excluding carboxylic acids is 2. The molecular formula is C28H35NO2. The van der Waals surface area contributed by atoms with Gasteiger partial charge in [0.05, 0.1) is 0 Å². The summed E-state index contributed by atoms with van der Waals surface area (Å²) in [4.78, 5) is 24.8. The number of benzene rings is 3. The van der Waals surface area contributed by atoms with E-state index in [-0.39, 0.29) is 17.6 Å². The quantitative estimate of drug-likeness (QED) is 0.449. The third-order valence-corrected chi connectivity index (χ3v) is 4.59. The van der Waals surface area contributed by atoms with E-state index in [1.165, 1.54) is 0 Å². The van der Waals surface area contributed by atoms with E-state index in [0.717, 1.165) is 16.8 Å². The van der Waals surface area contributed by atoms with Crippen LogP contribution < -0.4 is 5.32 Å². The van der Waals surface area contributed by atoms with E-state index in [1.807, 2.05) is 114 Å². The summed E-state index contributed by atoms with van der Waals surface area (Å²) in [6.45, 7) is 12.0. The average molecular weight is 418 g/mol. The van der Waals surface area contributed by atoms with Gasteiger partial charge in [0.1, 0.15) is 0 Å². The molecule has 1 amide bonds. The lowest BCUT2D eigenvalue weighted by molar-refractivity contribution is -0.116. The Kier molecular flexibility index (Phi) is 11.6. The number of hydrogen-bond acceptors (Lipinski definition) is 2. The molecule has 0 fully saturated rings. The molecule has 0 aliphatic carbocycles. The maximum absolute atomic E-state index is 12.8. The van der Waals surface area contributed by atoms with Crippen LogP contribution in [0.1, 0.15) is 80.9 Å². The van der Waals surface area contributed by atoms with Crippen LogP contribution in [-0.4, -0.2) is 11.7 Å². The number of amides is 1. The largest absolute Gasteiger partial charge is 0.326 e. The Hall–Kier alpha value is -3.20. The highest BCUT2D eigenvalue weighted by Crippen LogP contribution is 2.37. The smallest absolute Gasteiger partial charge is 0.225 e. The Balaban J connectivity index is 0.000000739. The van der Waals surface area contributed by atoms with Crippen LogP contribution in [-0.2, 0) is 4.79 Å². The van der Waals surface area contributed by atoms with Crippen molar-refractivity contribution in [2.75, 3.05) is 5.32 Å². The summed E-state index contributed by atoms with van der Waals surface area (Å²) in [6.07, 6.45) is 0.389. The van der Waals surface area contributed by atoms with Gasteiger partial charge in [-0.25, -0.2) is 0 Å². The van der Waals surface area contributed by atoms with Crippen LogP contribution in [0.3, 0.4) is 0 Å². The zero-order valence-corrected chi connectivity index (χ0v) is 19.6. The first-order chi connectivity index (χ1) is 15.2. The molecule has 3 aromatic carbocycles. The van der Waals surface area contributed by atoms with Gasteiger partial charge in [0, 0.05) is 29.2 Å². The number of fused-ring (bicyclic) bond motifs is 1. The van der Waals surface area contributed by atoms with Crippen molar-refractivity contribution >= 4 is 17.4 Å². The summed E-state index contributed by atoms with van der Waals surface area (Å²) in [7, 11) is 0. The zero-order valence-electron chi connectivity index (χ0n) is 19.6. The molecule has 0 saturated carbocycles. The minimum atomic E-state index is -0.0338. The Morgan fingerprint density at radius 1 is 0.742 bits per heavy atom. The second kappa shape index (κ2) is 13.9. The molecule has 1 heterocycles. The Labute approximate surface area is 187 Å². The molecule has 3 aromatic rings. The van der Waals surface area contributed by atoms with Crippen LogP contribution in [0.25, 0.3) is 0 Å². The summed E-state index contributed by atoms with van der Waals surface area (Å²) < 4.78 is 0. The molecule has 1 N–H and O–H groups in total. The van der Waals surface area contributed by atoms with Crippen molar-refractivity contribution in [1.82, 2.24) is 0 Å². The van der Waals surface area contributed by atoms with Gasteiger partial charge >= 0.3 is 0 Å². The monoisotopic (exact) mass is 417 g/mol. The van der Waals surface area contributed by atoms with Crippen LogP contribution in [0, 0.1) is 0 Å². The lowest BCUT2D eigenvalue weighted by Gasteiger charge is -2.26. The van der Waals surface area contributed by atoms with Crippen molar-refractivity contribution < 1.29 is 9.59 Å². The van der Waals surface area contributed by atoms with Gasteiger partial charge in [0.15, 0.2) is 5.78 Å². The SMILES string of the molecule is CC.CC.CC.O=C1CC(c2ccccc2)c2cc(C(=O)c3ccccc3)ccc2N1. The normalized spacial score (nSPS) is 13.5. The summed E-state index contributed by atoms with van der Waals surface area (Å²) in [5.74, 6) is -0.0379. The molecule has 31 heavy (non-hydrogen) atoms. The average Bonchev–Trinajstić information content (AvgIpc) is 2.87. The second-order valence-corrected chi connectivity index (χ2v) is 6.21. The molecule has 1 atom stereocenters. The molecular weight excluding hydrogens is 382 g/mol. The number of ketones is 1. The molecule has 0 spiro atoms. The number of nitrogens with one attached hydrogen (secondary N) is 1. The fourth-order valence-electron chi connectivity index (χ4n) is 3.34. The Morgan fingerprint density at radius 3 is 1.87 bits per heavy atom. The van der Waals surface area contributed by atoms with Crippen LogP contribution >= 0.6 is 0 Å². The van der Waals surface area contributed by atoms with Crippen molar-refractivity contribution in [1.29, 1.82) is 0 Å². The van der Waals surface area contributed by atoms with Gasteiger partial charge in [-0.05, 0) is 29.3 Å². The van der Waals surface area contributed by atoms with Crippen molar-refractivity contribution in [3.05, 3.63) is 101 Å². The van der Waals surface area contributed by atoms with Gasteiger partial charge in [-0.1, -0.05) is 102 Å². The Bertz CT molecular complexity index is 934. The van der Waals surface area contributed by atoms with Gasteiger partial charge in [0.25, 0.3) is 0 Å². The predicted molar refractivity (Wildman–Crippen MR) is 132 cm³/mol. The van der Waals surface area contributed by atoms with Gasteiger partial charge in [-0.2, -0.15) is 0 Å². The van der Waals surface area contributed by atoms with E-state index in [0.29, 0.717) is 17.5 Å². The third kappa shape index (κ3) is 6.65. The molecule has 0 bridgehead atoms. The first kappa shape index (κ1) is 25.8. The first-order valence-electron chi connectivity index (χ1n) is 11.3. The van der Waals surface area contributed by atoms with E-state index >= 15 is 0 Å². The van der Waals surface area contributed by atoms with Gasteiger partial charge < -0.3 is 5.32 Å². The van der Waals surface area contributed by atoms with Gasteiger partial charge in [0.2, 0.25) is 5.91 Å².